The number of likely N-dealkylation sites (tertiary alicyclic amines) is 1. The van der Waals surface area contributed by atoms with Gasteiger partial charge in [0.25, 0.3) is 0 Å². The predicted octanol–water partition coefficient (Wildman–Crippen LogP) is 6.25. The molecule has 3 atom stereocenters. The molecule has 0 bridgehead atoms. The van der Waals surface area contributed by atoms with E-state index in [1.54, 1.807) is 0 Å². The van der Waals surface area contributed by atoms with E-state index in [-0.39, 0.29) is 29.7 Å². The molecular weight excluding hydrogens is 424 g/mol. The summed E-state index contributed by atoms with van der Waals surface area (Å²) in [6.07, 6.45) is 8.11. The molecule has 5 heteroatoms. The molecule has 0 radical (unpaired) electrons. The summed E-state index contributed by atoms with van der Waals surface area (Å²) in [5.41, 5.74) is 1.04. The number of carbonyl (C=O) groups is 2. The highest BCUT2D eigenvalue weighted by Gasteiger charge is 2.39. The number of rotatable bonds is 8. The Hall–Kier alpha value is -2.82. The van der Waals surface area contributed by atoms with Gasteiger partial charge in [0.05, 0.1) is 6.04 Å². The Kier molecular flexibility index (Phi) is 8.25. The van der Waals surface area contributed by atoms with Crippen molar-refractivity contribution in [2.75, 3.05) is 6.54 Å². The van der Waals surface area contributed by atoms with Crippen LogP contribution < -0.4 is 10.1 Å². The number of hydrogen-bond acceptors (Lipinski definition) is 3. The van der Waals surface area contributed by atoms with Gasteiger partial charge in [-0.05, 0) is 56.2 Å². The van der Waals surface area contributed by atoms with Gasteiger partial charge in [-0.15, -0.1) is 0 Å². The van der Waals surface area contributed by atoms with Gasteiger partial charge < -0.3 is 15.0 Å². The monoisotopic (exact) mass is 462 g/mol. The molecule has 182 valence electrons. The first-order chi connectivity index (χ1) is 16.6. The highest BCUT2D eigenvalue weighted by atomic mass is 16.5. The molecule has 0 spiro atoms. The average molecular weight is 463 g/mol. The zero-order chi connectivity index (χ0) is 23.9. The molecule has 1 saturated carbocycles. The molecule has 2 fully saturated rings. The molecule has 1 heterocycles. The minimum atomic E-state index is -0.440. The number of benzene rings is 2. The fourth-order valence-corrected chi connectivity index (χ4v) is 5.33. The van der Waals surface area contributed by atoms with Gasteiger partial charge in [0.2, 0.25) is 11.8 Å². The van der Waals surface area contributed by atoms with Gasteiger partial charge in [0, 0.05) is 18.0 Å². The van der Waals surface area contributed by atoms with Gasteiger partial charge in [-0.2, -0.15) is 0 Å². The first kappa shape index (κ1) is 24.3. The van der Waals surface area contributed by atoms with E-state index in [0.717, 1.165) is 62.0 Å². The van der Waals surface area contributed by atoms with E-state index in [2.05, 4.69) is 11.4 Å². The summed E-state index contributed by atoms with van der Waals surface area (Å²) in [4.78, 5) is 28.9. The van der Waals surface area contributed by atoms with E-state index in [9.17, 15) is 9.59 Å². The van der Waals surface area contributed by atoms with Crippen molar-refractivity contribution in [2.45, 2.75) is 77.3 Å². The molecule has 0 aromatic heterocycles. The Morgan fingerprint density at radius 1 is 0.971 bits per heavy atom. The summed E-state index contributed by atoms with van der Waals surface area (Å²) in [6.45, 7) is 4.67. The van der Waals surface area contributed by atoms with E-state index >= 15 is 0 Å². The molecule has 1 aliphatic carbocycles. The number of nitrogens with one attached hydrogen (secondary N) is 1. The largest absolute Gasteiger partial charge is 0.457 e. The average Bonchev–Trinajstić information content (AvgIpc) is 3.37. The molecule has 1 saturated heterocycles. The molecule has 1 aliphatic heterocycles. The molecule has 34 heavy (non-hydrogen) atoms. The molecule has 4 rings (SSSR count). The second-order valence-corrected chi connectivity index (χ2v) is 9.84. The third-order valence-corrected chi connectivity index (χ3v) is 7.53. The molecule has 2 aromatic carbocycles. The Bertz CT molecular complexity index is 955. The van der Waals surface area contributed by atoms with Crippen molar-refractivity contribution in [1.29, 1.82) is 0 Å². The minimum Gasteiger partial charge on any atom is -0.457 e. The van der Waals surface area contributed by atoms with Crippen LogP contribution in [0.2, 0.25) is 0 Å². The zero-order valence-corrected chi connectivity index (χ0v) is 20.5. The van der Waals surface area contributed by atoms with Crippen LogP contribution in [-0.4, -0.2) is 29.3 Å². The summed E-state index contributed by atoms with van der Waals surface area (Å²) in [5, 5.41) is 3.18. The smallest absolute Gasteiger partial charge is 0.245 e. The van der Waals surface area contributed by atoms with Crippen LogP contribution in [0.1, 0.15) is 76.8 Å². The van der Waals surface area contributed by atoms with E-state index in [1.165, 1.54) is 6.42 Å². The Balaban J connectivity index is 1.58. The van der Waals surface area contributed by atoms with E-state index < -0.39 is 6.04 Å². The van der Waals surface area contributed by atoms with Gasteiger partial charge >= 0.3 is 0 Å². The fraction of sp³-hybridized carbons (Fsp3) is 0.517. The SMILES string of the molecule is CC[C@@H](C)C(=O)N[C@H](C(=O)N1CCC[C@H]1c1ccccc1Oc1ccccc1)C1CCCCC1. The van der Waals surface area contributed by atoms with Crippen molar-refractivity contribution in [3.63, 3.8) is 0 Å². The number of para-hydroxylation sites is 2. The molecule has 2 amide bonds. The maximum absolute atomic E-state index is 14.0. The lowest BCUT2D eigenvalue weighted by atomic mass is 9.83. The highest BCUT2D eigenvalue weighted by Crippen LogP contribution is 2.40. The first-order valence-corrected chi connectivity index (χ1v) is 13.0. The van der Waals surface area contributed by atoms with Crippen LogP contribution in [0.4, 0.5) is 0 Å². The van der Waals surface area contributed by atoms with Gasteiger partial charge in [0.15, 0.2) is 0 Å². The highest BCUT2D eigenvalue weighted by molar-refractivity contribution is 5.89. The lowest BCUT2D eigenvalue weighted by Gasteiger charge is -2.35. The first-order valence-electron chi connectivity index (χ1n) is 13.0. The third-order valence-electron chi connectivity index (χ3n) is 7.53. The summed E-state index contributed by atoms with van der Waals surface area (Å²) in [6, 6.07) is 17.3. The Labute approximate surface area is 203 Å². The molecule has 1 N–H and O–H groups in total. The number of amides is 2. The van der Waals surface area contributed by atoms with Crippen molar-refractivity contribution in [3.8, 4) is 11.5 Å². The topological polar surface area (TPSA) is 58.6 Å². The standard InChI is InChI=1S/C29H38N2O3/c1-3-21(2)28(32)30-27(22-13-6-4-7-14-22)29(33)31-20-12-18-25(31)24-17-10-11-19-26(24)34-23-15-8-5-9-16-23/h5,8-11,15-17,19,21-22,25,27H,3-4,6-7,12-14,18,20H2,1-2H3,(H,30,32)/t21-,25+,27+/m1/s1. The van der Waals surface area contributed by atoms with Crippen LogP contribution in [0.5, 0.6) is 11.5 Å². The normalized spacial score (nSPS) is 20.5. The number of carbonyl (C=O) groups excluding carboxylic acids is 2. The quantitative estimate of drug-likeness (QED) is 0.504. The van der Waals surface area contributed by atoms with Gasteiger partial charge in [-0.25, -0.2) is 0 Å². The number of hydrogen-bond donors (Lipinski definition) is 1. The van der Waals surface area contributed by atoms with Crippen LogP contribution in [0.25, 0.3) is 0 Å². The minimum absolute atomic E-state index is 0.00465. The maximum Gasteiger partial charge on any atom is 0.245 e. The van der Waals surface area contributed by atoms with Crippen LogP contribution >= 0.6 is 0 Å². The van der Waals surface area contributed by atoms with Crippen molar-refractivity contribution in [2.24, 2.45) is 11.8 Å². The van der Waals surface area contributed by atoms with Crippen LogP contribution in [0.15, 0.2) is 54.6 Å². The fourth-order valence-electron chi connectivity index (χ4n) is 5.33. The second kappa shape index (κ2) is 11.5. The third kappa shape index (κ3) is 5.63. The van der Waals surface area contributed by atoms with Crippen molar-refractivity contribution in [1.82, 2.24) is 10.2 Å². The summed E-state index contributed by atoms with van der Waals surface area (Å²) >= 11 is 0. The van der Waals surface area contributed by atoms with Gasteiger partial charge in [-0.3, -0.25) is 9.59 Å². The van der Waals surface area contributed by atoms with Crippen LogP contribution in [-0.2, 0) is 9.59 Å². The zero-order valence-electron chi connectivity index (χ0n) is 20.5. The summed E-state index contributed by atoms with van der Waals surface area (Å²) in [5.74, 6) is 1.76. The number of ether oxygens (including phenoxy) is 1. The summed E-state index contributed by atoms with van der Waals surface area (Å²) in [7, 11) is 0. The second-order valence-electron chi connectivity index (χ2n) is 9.84. The lowest BCUT2D eigenvalue weighted by Crippen LogP contribution is -2.53. The molecule has 5 nitrogen and oxygen atoms in total. The number of nitrogens with zero attached hydrogens (tertiary/aromatic N) is 1. The molecule has 2 aromatic rings. The van der Waals surface area contributed by atoms with Gasteiger partial charge in [0.1, 0.15) is 17.5 Å². The summed E-state index contributed by atoms with van der Waals surface area (Å²) < 4.78 is 6.23. The molecule has 0 unspecified atom stereocenters. The van der Waals surface area contributed by atoms with Crippen molar-refractivity contribution in [3.05, 3.63) is 60.2 Å². The van der Waals surface area contributed by atoms with Crippen molar-refractivity contribution < 1.29 is 14.3 Å². The molecule has 2 aliphatic rings. The van der Waals surface area contributed by atoms with Crippen LogP contribution in [0.3, 0.4) is 0 Å². The van der Waals surface area contributed by atoms with Crippen molar-refractivity contribution >= 4 is 11.8 Å². The lowest BCUT2D eigenvalue weighted by molar-refractivity contribution is -0.140. The molecular formula is C29H38N2O3. The van der Waals surface area contributed by atoms with E-state index in [0.29, 0.717) is 6.54 Å². The Morgan fingerprint density at radius 3 is 2.41 bits per heavy atom. The van der Waals surface area contributed by atoms with E-state index in [4.69, 9.17) is 4.74 Å². The van der Waals surface area contributed by atoms with Crippen LogP contribution in [0, 0.1) is 11.8 Å². The van der Waals surface area contributed by atoms with E-state index in [1.807, 2.05) is 67.3 Å². The predicted molar refractivity (Wildman–Crippen MR) is 135 cm³/mol. The Morgan fingerprint density at radius 2 is 1.68 bits per heavy atom. The van der Waals surface area contributed by atoms with Gasteiger partial charge in [-0.1, -0.05) is 69.5 Å². The maximum atomic E-state index is 14.0.